The highest BCUT2D eigenvalue weighted by atomic mass is 79.9. The van der Waals surface area contributed by atoms with Crippen molar-refractivity contribution >= 4 is 32.2 Å². The van der Waals surface area contributed by atoms with E-state index in [0.29, 0.717) is 28.2 Å². The lowest BCUT2D eigenvalue weighted by atomic mass is 10.1. The molecular weight excluding hydrogens is 471 g/mol. The van der Waals surface area contributed by atoms with Crippen molar-refractivity contribution in [3.05, 3.63) is 64.5 Å². The Morgan fingerprint density at radius 1 is 1.13 bits per heavy atom. The van der Waals surface area contributed by atoms with Crippen LogP contribution in [0.3, 0.4) is 0 Å². The number of fused-ring (bicyclic) bond motifs is 2. The largest absolute Gasteiger partial charge is 0.365 e. The van der Waals surface area contributed by atoms with Crippen molar-refractivity contribution in [2.45, 2.75) is 17.7 Å². The number of aromatic nitrogens is 2. The van der Waals surface area contributed by atoms with Crippen LogP contribution in [-0.2, 0) is 0 Å². The summed E-state index contributed by atoms with van der Waals surface area (Å²) in [6.07, 6.45) is 0.824. The van der Waals surface area contributed by atoms with Crippen LogP contribution in [-0.4, -0.2) is 42.5 Å². The van der Waals surface area contributed by atoms with Gasteiger partial charge in [0.05, 0.1) is 27.9 Å². The Balaban J connectivity index is 1.45. The van der Waals surface area contributed by atoms with E-state index in [0.717, 1.165) is 17.8 Å². The van der Waals surface area contributed by atoms with Crippen molar-refractivity contribution in [3.63, 3.8) is 0 Å². The van der Waals surface area contributed by atoms with Gasteiger partial charge in [-0.2, -0.15) is 21.0 Å². The summed E-state index contributed by atoms with van der Waals surface area (Å²) in [7, 11) is -2.43. The van der Waals surface area contributed by atoms with Crippen molar-refractivity contribution in [1.82, 2.24) is 9.78 Å². The number of nitriles is 1. The van der Waals surface area contributed by atoms with Gasteiger partial charge in [0.15, 0.2) is 0 Å². The van der Waals surface area contributed by atoms with Gasteiger partial charge in [0.1, 0.15) is 16.5 Å². The normalized spacial score (nSPS) is 22.8. The molecule has 2 aliphatic rings. The van der Waals surface area contributed by atoms with Gasteiger partial charge < -0.3 is 4.90 Å². The number of hydrogen-bond donors (Lipinski definition) is 2. The van der Waals surface area contributed by atoms with Crippen LogP contribution >= 0.6 is 26.5 Å². The summed E-state index contributed by atoms with van der Waals surface area (Å²) >= 11 is 3.39. The Morgan fingerprint density at radius 2 is 1.87 bits per heavy atom. The van der Waals surface area contributed by atoms with Crippen molar-refractivity contribution < 1.29 is 13.5 Å². The van der Waals surface area contributed by atoms with Gasteiger partial charge >= 0.3 is 0 Å². The first kappa shape index (κ1) is 19.6. The fourth-order valence-electron chi connectivity index (χ4n) is 4.35. The molecule has 0 amide bonds. The van der Waals surface area contributed by atoms with Crippen LogP contribution in [0.2, 0.25) is 0 Å². The molecule has 3 aromatic rings. The zero-order valence-corrected chi connectivity index (χ0v) is 18.1. The third-order valence-corrected chi connectivity index (χ3v) is 8.51. The van der Waals surface area contributed by atoms with E-state index < -0.39 is 16.4 Å². The quantitative estimate of drug-likeness (QED) is 0.540. The summed E-state index contributed by atoms with van der Waals surface area (Å²) in [5, 5.41) is 13.4. The van der Waals surface area contributed by atoms with Gasteiger partial charge in [-0.1, -0.05) is 6.07 Å². The molecule has 0 spiro atoms. The lowest BCUT2D eigenvalue weighted by Gasteiger charge is -2.41. The van der Waals surface area contributed by atoms with Crippen molar-refractivity contribution in [3.8, 4) is 23.0 Å². The average molecular weight is 489 g/mol. The van der Waals surface area contributed by atoms with E-state index in [9.17, 15) is 13.5 Å². The molecule has 2 saturated heterocycles. The van der Waals surface area contributed by atoms with Gasteiger partial charge in [-0.05, 0) is 64.8 Å². The Hall–Kier alpha value is -2.38. The predicted octanol–water partition coefficient (Wildman–Crippen LogP) is 5.02. The van der Waals surface area contributed by atoms with Crippen molar-refractivity contribution in [2.75, 3.05) is 17.2 Å². The second-order valence-corrected chi connectivity index (χ2v) is 10.9. The number of halogens is 2. The summed E-state index contributed by atoms with van der Waals surface area (Å²) in [5.41, 5.74) is 3.18. The van der Waals surface area contributed by atoms with E-state index in [2.05, 4.69) is 25.9 Å². The highest BCUT2D eigenvalue weighted by Crippen LogP contribution is 2.58. The number of anilines is 1. The SMILES string of the molecule is N#Cc1ccc(-c2cc(Br)nn2-c2ccc(N3CC4CC3CS4(O)O)cc2)cc1F. The van der Waals surface area contributed by atoms with Crippen molar-refractivity contribution in [1.29, 1.82) is 5.26 Å². The molecule has 0 aliphatic carbocycles. The molecule has 3 heterocycles. The number of nitrogens with zero attached hydrogens (tertiary/aromatic N) is 4. The van der Waals surface area contributed by atoms with Gasteiger partial charge in [0, 0.05) is 23.8 Å². The fourth-order valence-corrected chi connectivity index (χ4v) is 6.81. The number of rotatable bonds is 3. The molecule has 1 aromatic heterocycles. The molecular formula is C21H18BrFN4O2S. The molecule has 2 aromatic carbocycles. The smallest absolute Gasteiger partial charge is 0.141 e. The lowest BCUT2D eigenvalue weighted by Crippen LogP contribution is -2.38. The summed E-state index contributed by atoms with van der Waals surface area (Å²) in [6, 6.07) is 16.2. The van der Waals surface area contributed by atoms with E-state index in [1.165, 1.54) is 12.1 Å². The monoisotopic (exact) mass is 488 g/mol. The maximum atomic E-state index is 14.1. The minimum absolute atomic E-state index is 0.00441. The molecule has 2 bridgehead atoms. The third kappa shape index (κ3) is 3.20. The van der Waals surface area contributed by atoms with Gasteiger partial charge in [0.25, 0.3) is 0 Å². The maximum absolute atomic E-state index is 14.1. The highest BCUT2D eigenvalue weighted by molar-refractivity contribution is 9.10. The molecule has 2 unspecified atom stereocenters. The predicted molar refractivity (Wildman–Crippen MR) is 119 cm³/mol. The van der Waals surface area contributed by atoms with Crippen LogP contribution in [0.1, 0.15) is 12.0 Å². The first-order valence-electron chi connectivity index (χ1n) is 9.43. The van der Waals surface area contributed by atoms with Gasteiger partial charge in [-0.15, -0.1) is 0 Å². The van der Waals surface area contributed by atoms with Crippen LogP contribution in [0.5, 0.6) is 0 Å². The minimum Gasteiger partial charge on any atom is -0.365 e. The molecule has 2 aliphatic heterocycles. The van der Waals surface area contributed by atoms with E-state index in [1.54, 1.807) is 16.8 Å². The zero-order chi connectivity index (χ0) is 21.0. The summed E-state index contributed by atoms with van der Waals surface area (Å²) in [5.74, 6) is -0.121. The molecule has 2 atom stereocenters. The second-order valence-electron chi connectivity index (χ2n) is 7.63. The highest BCUT2D eigenvalue weighted by Gasteiger charge is 2.48. The first-order chi connectivity index (χ1) is 14.4. The fraction of sp³-hybridized carbons (Fsp3) is 0.238. The third-order valence-electron chi connectivity index (χ3n) is 5.84. The van der Waals surface area contributed by atoms with Gasteiger partial charge in [-0.25, -0.2) is 9.07 Å². The zero-order valence-electron chi connectivity index (χ0n) is 15.7. The number of benzene rings is 2. The molecule has 5 rings (SSSR count). The molecule has 0 radical (unpaired) electrons. The molecule has 30 heavy (non-hydrogen) atoms. The average Bonchev–Trinajstić information content (AvgIpc) is 3.39. The van der Waals surface area contributed by atoms with Gasteiger partial charge in [-0.3, -0.25) is 9.11 Å². The summed E-state index contributed by atoms with van der Waals surface area (Å²) in [4.78, 5) is 2.24. The Labute approximate surface area is 183 Å². The van der Waals surface area contributed by atoms with E-state index >= 15 is 0 Å². The lowest BCUT2D eigenvalue weighted by molar-refractivity contribution is 0.477. The molecule has 0 saturated carbocycles. The van der Waals surface area contributed by atoms with E-state index in [-0.39, 0.29) is 16.9 Å². The molecule has 2 fully saturated rings. The summed E-state index contributed by atoms with van der Waals surface area (Å²) in [6.45, 7) is 0.662. The van der Waals surface area contributed by atoms with E-state index in [1.807, 2.05) is 30.3 Å². The Kier molecular flexibility index (Phi) is 4.63. The number of hydrogen-bond acceptors (Lipinski definition) is 5. The molecule has 6 nitrogen and oxygen atoms in total. The standard InChI is InChI=1S/C21H18BrFN4O2S/c22-21-9-20(13-1-2-14(10-24)19(23)7-13)27(25-21)16-5-3-15(4-6-16)26-11-18-8-17(26)12-30(18,28)29/h1-7,9,17-18,28-29H,8,11-12H2. The topological polar surface area (TPSA) is 85.3 Å². The van der Waals surface area contributed by atoms with Crippen molar-refractivity contribution in [2.24, 2.45) is 0 Å². The van der Waals surface area contributed by atoms with Crippen LogP contribution in [0, 0.1) is 17.1 Å². The van der Waals surface area contributed by atoms with Crippen LogP contribution < -0.4 is 4.90 Å². The van der Waals surface area contributed by atoms with Crippen LogP contribution in [0.15, 0.2) is 53.1 Å². The van der Waals surface area contributed by atoms with Crippen LogP contribution in [0.4, 0.5) is 10.1 Å². The Morgan fingerprint density at radius 3 is 2.47 bits per heavy atom. The van der Waals surface area contributed by atoms with Gasteiger partial charge in [0.2, 0.25) is 0 Å². The van der Waals surface area contributed by atoms with E-state index in [4.69, 9.17) is 5.26 Å². The first-order valence-corrected chi connectivity index (χ1v) is 12.0. The van der Waals surface area contributed by atoms with Crippen LogP contribution in [0.25, 0.3) is 16.9 Å². The Bertz CT molecular complexity index is 1170. The molecule has 9 heteroatoms. The minimum atomic E-state index is -2.43. The maximum Gasteiger partial charge on any atom is 0.141 e. The molecule has 2 N–H and O–H groups in total. The second kappa shape index (κ2) is 7.10. The summed E-state index contributed by atoms with van der Waals surface area (Å²) < 4.78 is 36.6. The molecule has 154 valence electrons.